The maximum absolute atomic E-state index is 10.6. The van der Waals surface area contributed by atoms with Crippen LogP contribution in [0, 0.1) is 0 Å². The normalized spacial score (nSPS) is 9.83. The van der Waals surface area contributed by atoms with Gasteiger partial charge in [0.2, 0.25) is 5.91 Å². The minimum absolute atomic E-state index is 0.0489. The molecule has 1 amide bonds. The minimum Gasteiger partial charge on any atom is -0.377 e. The molecule has 0 unspecified atom stereocenters. The molecule has 0 heterocycles. The van der Waals surface area contributed by atoms with Crippen molar-refractivity contribution in [1.29, 1.82) is 0 Å². The third-order valence-electron chi connectivity index (χ3n) is 0.995. The molecule has 0 spiro atoms. The summed E-state index contributed by atoms with van der Waals surface area (Å²) in [6.45, 7) is 1.77. The molecule has 1 N–H and O–H groups in total. The monoisotopic (exact) mass is 259 g/mol. The van der Waals surface area contributed by atoms with Crippen molar-refractivity contribution in [1.82, 2.24) is 5.32 Å². The molecule has 0 radical (unpaired) electrons. The molecule has 0 aromatic heterocycles. The Morgan fingerprint density at radius 1 is 1.42 bits per heavy atom. The van der Waals surface area contributed by atoms with Gasteiger partial charge in [-0.2, -0.15) is 0 Å². The zero-order valence-electron chi connectivity index (χ0n) is 6.52. The molecule has 0 saturated carbocycles. The van der Waals surface area contributed by atoms with Gasteiger partial charge < -0.3 is 10.1 Å². The second-order valence-electron chi connectivity index (χ2n) is 1.91. The highest BCUT2D eigenvalue weighted by atomic mass is 79.9. The Morgan fingerprint density at radius 3 is 2.75 bits per heavy atom. The zero-order chi connectivity index (χ0) is 9.23. The van der Waals surface area contributed by atoms with E-state index in [2.05, 4.69) is 25.5 Å². The first-order chi connectivity index (χ1) is 5.81. The van der Waals surface area contributed by atoms with Gasteiger partial charge in [0.05, 0.1) is 37.0 Å². The zero-order valence-corrected chi connectivity index (χ0v) is 8.86. The highest BCUT2D eigenvalue weighted by Crippen LogP contribution is 1.81. The van der Waals surface area contributed by atoms with Crippen LogP contribution in [0.5, 0.6) is 0 Å². The van der Waals surface area contributed by atoms with Crippen LogP contribution >= 0.6 is 27.8 Å². The van der Waals surface area contributed by atoms with Crippen LogP contribution in [0.15, 0.2) is 0 Å². The number of rotatable bonds is 7. The summed E-state index contributed by atoms with van der Waals surface area (Å²) in [6.07, 6.45) is 0. The number of alkyl halides is 1. The van der Waals surface area contributed by atoms with Crippen molar-refractivity contribution < 1.29 is 13.8 Å². The predicted octanol–water partition coefficient (Wildman–Crippen LogP) is 0.684. The molecular weight excluding hydrogens is 249 g/mol. The molecule has 6 heteroatoms. The molecule has 0 bridgehead atoms. The quantitative estimate of drug-likeness (QED) is 0.541. The average molecular weight is 261 g/mol. The van der Waals surface area contributed by atoms with Crippen LogP contribution < -0.4 is 5.32 Å². The van der Waals surface area contributed by atoms with Crippen LogP contribution in [0.4, 0.5) is 0 Å². The Bertz CT molecular complexity index is 125. The van der Waals surface area contributed by atoms with E-state index in [1.807, 2.05) is 0 Å². The molecule has 4 nitrogen and oxygen atoms in total. The van der Waals surface area contributed by atoms with Crippen LogP contribution in [0.25, 0.3) is 0 Å². The van der Waals surface area contributed by atoms with Crippen molar-refractivity contribution in [2.24, 2.45) is 0 Å². The first-order valence-corrected chi connectivity index (χ1v) is 4.88. The highest BCUT2D eigenvalue weighted by molar-refractivity contribution is 9.09. The lowest BCUT2D eigenvalue weighted by atomic mass is 10.6. The molecule has 0 aliphatic rings. The molecule has 0 aromatic carbocycles. The molecule has 0 aliphatic heterocycles. The Morgan fingerprint density at radius 2 is 2.17 bits per heavy atom. The first kappa shape index (κ1) is 12.2. The maximum atomic E-state index is 10.6. The van der Waals surface area contributed by atoms with Gasteiger partial charge >= 0.3 is 0 Å². The fraction of sp³-hybridized carbons (Fsp3) is 0.833. The van der Waals surface area contributed by atoms with Gasteiger partial charge in [-0.15, -0.1) is 0 Å². The van der Waals surface area contributed by atoms with Gasteiger partial charge in [-0.3, -0.25) is 9.08 Å². The number of hydrogen-bond acceptors (Lipinski definition) is 3. The van der Waals surface area contributed by atoms with Crippen LogP contribution in [-0.2, 0) is 13.8 Å². The predicted molar refractivity (Wildman–Crippen MR) is 49.4 cm³/mol. The molecule has 0 aliphatic carbocycles. The number of hydrogen-bond donors (Lipinski definition) is 1. The van der Waals surface area contributed by atoms with E-state index < -0.39 is 0 Å². The molecule has 0 rings (SSSR count). The number of ether oxygens (including phenoxy) is 1. The average Bonchev–Trinajstić information content (AvgIpc) is 2.10. The first-order valence-electron chi connectivity index (χ1n) is 3.45. The van der Waals surface area contributed by atoms with Gasteiger partial charge in [-0.05, 0) is 0 Å². The third-order valence-corrected chi connectivity index (χ3v) is 1.66. The number of carbonyl (C=O) groups is 1. The van der Waals surface area contributed by atoms with Crippen LogP contribution in [0.3, 0.4) is 0 Å². The lowest BCUT2D eigenvalue weighted by Gasteiger charge is -2.03. The van der Waals surface area contributed by atoms with Crippen molar-refractivity contribution in [3.05, 3.63) is 0 Å². The van der Waals surface area contributed by atoms with E-state index in [9.17, 15) is 4.79 Å². The molecule has 0 aromatic rings. The summed E-state index contributed by atoms with van der Waals surface area (Å²) in [5.74, 6) is -0.0489. The van der Waals surface area contributed by atoms with Gasteiger partial charge in [-0.1, -0.05) is 15.9 Å². The van der Waals surface area contributed by atoms with Gasteiger partial charge in [0.1, 0.15) is 0 Å². The van der Waals surface area contributed by atoms with Crippen molar-refractivity contribution in [2.75, 3.05) is 31.7 Å². The van der Waals surface area contributed by atoms with E-state index in [1.165, 1.54) is 0 Å². The van der Waals surface area contributed by atoms with Gasteiger partial charge in [0.15, 0.2) is 0 Å². The second-order valence-corrected chi connectivity index (χ2v) is 2.69. The van der Waals surface area contributed by atoms with Gasteiger partial charge in [-0.25, -0.2) is 0 Å². The van der Waals surface area contributed by atoms with Crippen LogP contribution in [0.2, 0.25) is 0 Å². The van der Waals surface area contributed by atoms with E-state index in [-0.39, 0.29) is 5.91 Å². The van der Waals surface area contributed by atoms with Crippen LogP contribution in [-0.4, -0.2) is 37.6 Å². The summed E-state index contributed by atoms with van der Waals surface area (Å²) >= 11 is 7.95. The number of amides is 1. The highest BCUT2D eigenvalue weighted by Gasteiger charge is 1.95. The molecule has 0 fully saturated rings. The van der Waals surface area contributed by atoms with E-state index in [0.717, 1.165) is 0 Å². The summed E-state index contributed by atoms with van der Waals surface area (Å²) < 4.78 is 9.27. The molecule has 0 saturated heterocycles. The summed E-state index contributed by atoms with van der Waals surface area (Å²) in [7, 11) is 0. The van der Waals surface area contributed by atoms with E-state index in [1.54, 1.807) is 0 Å². The number of carbonyl (C=O) groups excluding carboxylic acids is 1. The lowest BCUT2D eigenvalue weighted by molar-refractivity contribution is -0.118. The fourth-order valence-corrected chi connectivity index (χ4v) is 0.764. The van der Waals surface area contributed by atoms with Gasteiger partial charge in [0, 0.05) is 6.54 Å². The SMILES string of the molecule is O=C(CBr)NCCOCCOCl. The Labute approximate surface area is 84.8 Å². The third kappa shape index (κ3) is 8.26. The number of nitrogens with one attached hydrogen (secondary N) is 1. The second kappa shape index (κ2) is 9.25. The van der Waals surface area contributed by atoms with E-state index >= 15 is 0 Å². The molecular formula is C6H11BrClNO3. The molecule has 12 heavy (non-hydrogen) atoms. The maximum Gasteiger partial charge on any atom is 0.230 e. The summed E-state index contributed by atoms with van der Waals surface area (Å²) in [5.41, 5.74) is 0. The largest absolute Gasteiger partial charge is 0.377 e. The minimum atomic E-state index is -0.0489. The summed E-state index contributed by atoms with van der Waals surface area (Å²) in [6, 6.07) is 0. The van der Waals surface area contributed by atoms with Gasteiger partial charge in [0.25, 0.3) is 0 Å². The van der Waals surface area contributed by atoms with E-state index in [4.69, 9.17) is 16.6 Å². The van der Waals surface area contributed by atoms with Crippen molar-refractivity contribution in [3.8, 4) is 0 Å². The Kier molecular flexibility index (Phi) is 9.37. The van der Waals surface area contributed by atoms with E-state index in [0.29, 0.717) is 31.7 Å². The molecule has 72 valence electrons. The van der Waals surface area contributed by atoms with Crippen molar-refractivity contribution in [2.45, 2.75) is 0 Å². The summed E-state index contributed by atoms with van der Waals surface area (Å²) in [4.78, 5) is 10.6. The Balaban J connectivity index is 2.95. The van der Waals surface area contributed by atoms with Crippen molar-refractivity contribution >= 4 is 33.7 Å². The molecule has 0 atom stereocenters. The van der Waals surface area contributed by atoms with Crippen molar-refractivity contribution in [3.63, 3.8) is 0 Å². The lowest BCUT2D eigenvalue weighted by Crippen LogP contribution is -2.28. The topological polar surface area (TPSA) is 47.6 Å². The summed E-state index contributed by atoms with van der Waals surface area (Å²) in [5, 5.41) is 2.94. The fourth-order valence-electron chi connectivity index (χ4n) is 0.502. The Hall–Kier alpha value is 0.160. The standard InChI is InChI=1S/C6H11BrClNO3/c7-5-6(10)9-1-2-11-3-4-12-8/h1-5H2,(H,9,10). The number of halogens is 2. The van der Waals surface area contributed by atoms with Crippen LogP contribution in [0.1, 0.15) is 0 Å². The smallest absolute Gasteiger partial charge is 0.230 e.